The fourth-order valence-electron chi connectivity index (χ4n) is 2.54. The molecule has 0 unspecified atom stereocenters. The first-order valence-corrected chi connectivity index (χ1v) is 10.1. The zero-order valence-corrected chi connectivity index (χ0v) is 18.1. The molecule has 0 aromatic heterocycles. The molecule has 0 amide bonds. The molecule has 0 nitrogen and oxygen atoms in total. The molecule has 3 aromatic carbocycles. The second kappa shape index (κ2) is 7.61. The Kier molecular flexibility index (Phi) is 5.78. The molecule has 3 aromatic rings. The summed E-state index contributed by atoms with van der Waals surface area (Å²) in [6.45, 7) is 0. The Morgan fingerprint density at radius 2 is 0.636 bits per heavy atom. The summed E-state index contributed by atoms with van der Waals surface area (Å²) in [5.41, 5.74) is 4.01. The highest BCUT2D eigenvalue weighted by atomic mass is 127. The van der Waals surface area contributed by atoms with E-state index in [2.05, 4.69) is 141 Å². The van der Waals surface area contributed by atoms with Gasteiger partial charge in [0.1, 0.15) is 0 Å². The number of hydrogen-bond acceptors (Lipinski definition) is 0. The molecule has 0 aliphatic heterocycles. The fourth-order valence-corrected chi connectivity index (χ4v) is 3.62. The maximum atomic E-state index is 2.36. The van der Waals surface area contributed by atoms with Crippen molar-refractivity contribution in [1.82, 2.24) is 0 Å². The third-order valence-electron chi connectivity index (χ3n) is 3.61. The maximum absolute atomic E-state index is 2.36. The van der Waals surface area contributed by atoms with Gasteiger partial charge in [-0.25, -0.2) is 0 Å². The van der Waals surface area contributed by atoms with Crippen LogP contribution >= 0.6 is 67.8 Å². The molecular formula is C19H13I3. The van der Waals surface area contributed by atoms with Crippen molar-refractivity contribution in [2.75, 3.05) is 0 Å². The van der Waals surface area contributed by atoms with Gasteiger partial charge in [-0.3, -0.25) is 0 Å². The van der Waals surface area contributed by atoms with Crippen LogP contribution in [0.2, 0.25) is 0 Å². The lowest BCUT2D eigenvalue weighted by Gasteiger charge is -2.19. The van der Waals surface area contributed by atoms with E-state index in [9.17, 15) is 0 Å². The van der Waals surface area contributed by atoms with Gasteiger partial charge in [-0.2, -0.15) is 0 Å². The standard InChI is InChI=1S/C19H13I3/c20-16-7-1-13(2-8-16)19(14-3-9-17(21)10-4-14)15-5-11-18(22)12-6-15/h1-12,19H. The van der Waals surface area contributed by atoms with Gasteiger partial charge in [0.05, 0.1) is 0 Å². The molecule has 3 rings (SSSR count). The van der Waals surface area contributed by atoms with Crippen LogP contribution in [0.1, 0.15) is 22.6 Å². The van der Waals surface area contributed by atoms with E-state index >= 15 is 0 Å². The van der Waals surface area contributed by atoms with E-state index < -0.39 is 0 Å². The van der Waals surface area contributed by atoms with Gasteiger partial charge in [-0.15, -0.1) is 0 Å². The third-order valence-corrected chi connectivity index (χ3v) is 5.77. The number of halogens is 3. The molecule has 3 heteroatoms. The summed E-state index contributed by atoms with van der Waals surface area (Å²) in [6, 6.07) is 26.5. The molecule has 110 valence electrons. The Bertz CT molecular complexity index is 636. The van der Waals surface area contributed by atoms with Gasteiger partial charge in [0.2, 0.25) is 0 Å². The first kappa shape index (κ1) is 16.7. The minimum Gasteiger partial charge on any atom is -0.0570 e. The van der Waals surface area contributed by atoms with Crippen molar-refractivity contribution in [3.63, 3.8) is 0 Å². The van der Waals surface area contributed by atoms with Gasteiger partial charge < -0.3 is 0 Å². The minimum atomic E-state index is 0.283. The van der Waals surface area contributed by atoms with E-state index in [1.165, 1.54) is 27.4 Å². The highest BCUT2D eigenvalue weighted by Gasteiger charge is 2.16. The lowest BCUT2D eigenvalue weighted by Crippen LogP contribution is -2.03. The summed E-state index contributed by atoms with van der Waals surface area (Å²) < 4.78 is 3.81. The topological polar surface area (TPSA) is 0 Å². The van der Waals surface area contributed by atoms with E-state index in [1.54, 1.807) is 0 Å². The maximum Gasteiger partial charge on any atom is 0.0340 e. The molecule has 0 spiro atoms. The normalized spacial score (nSPS) is 10.9. The van der Waals surface area contributed by atoms with Gasteiger partial charge >= 0.3 is 0 Å². The lowest BCUT2D eigenvalue weighted by molar-refractivity contribution is 0.975. The first-order chi connectivity index (χ1) is 10.6. The van der Waals surface area contributed by atoms with Gasteiger partial charge in [0.25, 0.3) is 0 Å². The molecule has 0 aliphatic rings. The fraction of sp³-hybridized carbons (Fsp3) is 0.0526. The van der Waals surface area contributed by atoms with E-state index in [0.29, 0.717) is 0 Å². The second-order valence-electron chi connectivity index (χ2n) is 5.09. The molecule has 0 fully saturated rings. The quantitative estimate of drug-likeness (QED) is 0.226. The minimum absolute atomic E-state index is 0.283. The Balaban J connectivity index is 2.10. The van der Waals surface area contributed by atoms with Crippen molar-refractivity contribution in [1.29, 1.82) is 0 Å². The average molecular weight is 622 g/mol. The number of benzene rings is 3. The van der Waals surface area contributed by atoms with Crippen LogP contribution in [0.15, 0.2) is 72.8 Å². The van der Waals surface area contributed by atoms with E-state index in [0.717, 1.165) is 0 Å². The van der Waals surface area contributed by atoms with Crippen LogP contribution in [0.5, 0.6) is 0 Å². The molecule has 22 heavy (non-hydrogen) atoms. The predicted molar refractivity (Wildman–Crippen MR) is 118 cm³/mol. The highest BCUT2D eigenvalue weighted by Crippen LogP contribution is 2.32. The van der Waals surface area contributed by atoms with Gasteiger partial charge in [0.15, 0.2) is 0 Å². The molecule has 0 saturated carbocycles. The summed E-state index contributed by atoms with van der Waals surface area (Å²) in [7, 11) is 0. The average Bonchev–Trinajstić information content (AvgIpc) is 2.53. The van der Waals surface area contributed by atoms with Crippen LogP contribution in [0.3, 0.4) is 0 Å². The lowest BCUT2D eigenvalue weighted by atomic mass is 9.85. The van der Waals surface area contributed by atoms with Crippen LogP contribution in [-0.4, -0.2) is 0 Å². The van der Waals surface area contributed by atoms with Crippen molar-refractivity contribution in [2.45, 2.75) is 5.92 Å². The van der Waals surface area contributed by atoms with E-state index in [-0.39, 0.29) is 5.92 Å². The van der Waals surface area contributed by atoms with Crippen molar-refractivity contribution in [2.24, 2.45) is 0 Å². The Morgan fingerprint density at radius 1 is 0.409 bits per heavy atom. The molecule has 0 radical (unpaired) electrons. The van der Waals surface area contributed by atoms with E-state index in [4.69, 9.17) is 0 Å². The largest absolute Gasteiger partial charge is 0.0570 e. The van der Waals surface area contributed by atoms with Crippen LogP contribution < -0.4 is 0 Å². The van der Waals surface area contributed by atoms with Gasteiger partial charge in [-0.1, -0.05) is 36.4 Å². The smallest absolute Gasteiger partial charge is 0.0340 e. The number of hydrogen-bond donors (Lipinski definition) is 0. The molecular weight excluding hydrogens is 609 g/mol. The monoisotopic (exact) mass is 622 g/mol. The Morgan fingerprint density at radius 3 is 0.864 bits per heavy atom. The Labute approximate surface area is 172 Å². The SMILES string of the molecule is Ic1ccc(C(c2ccc(I)cc2)c2ccc(I)cc2)cc1. The summed E-state index contributed by atoms with van der Waals surface area (Å²) in [5, 5.41) is 0. The summed E-state index contributed by atoms with van der Waals surface area (Å²) in [6.07, 6.45) is 0. The zero-order valence-electron chi connectivity index (χ0n) is 11.6. The molecule has 0 heterocycles. The third kappa shape index (κ3) is 4.03. The Hall–Kier alpha value is -0.150. The van der Waals surface area contributed by atoms with Crippen molar-refractivity contribution >= 4 is 67.8 Å². The molecule has 0 saturated heterocycles. The van der Waals surface area contributed by atoms with Crippen molar-refractivity contribution in [3.05, 3.63) is 100 Å². The van der Waals surface area contributed by atoms with E-state index in [1.807, 2.05) is 0 Å². The van der Waals surface area contributed by atoms with Crippen molar-refractivity contribution in [3.8, 4) is 0 Å². The molecule has 0 bridgehead atoms. The summed E-state index contributed by atoms with van der Waals surface area (Å²) in [4.78, 5) is 0. The van der Waals surface area contributed by atoms with Crippen molar-refractivity contribution < 1.29 is 0 Å². The number of rotatable bonds is 3. The summed E-state index contributed by atoms with van der Waals surface area (Å²) in [5.74, 6) is 0.283. The molecule has 0 N–H and O–H groups in total. The van der Waals surface area contributed by atoms with Crippen LogP contribution in [0.4, 0.5) is 0 Å². The molecule has 0 atom stereocenters. The molecule has 0 aliphatic carbocycles. The van der Waals surface area contributed by atoms with Crippen LogP contribution in [-0.2, 0) is 0 Å². The first-order valence-electron chi connectivity index (χ1n) is 6.90. The predicted octanol–water partition coefficient (Wildman–Crippen LogP) is 6.68. The van der Waals surface area contributed by atoms with Gasteiger partial charge in [0, 0.05) is 16.6 Å². The second-order valence-corrected chi connectivity index (χ2v) is 8.82. The zero-order chi connectivity index (χ0) is 15.5. The van der Waals surface area contributed by atoms with Crippen LogP contribution in [0, 0.1) is 10.7 Å². The summed E-state index contributed by atoms with van der Waals surface area (Å²) >= 11 is 7.07. The van der Waals surface area contributed by atoms with Crippen LogP contribution in [0.25, 0.3) is 0 Å². The highest BCUT2D eigenvalue weighted by molar-refractivity contribution is 14.1. The van der Waals surface area contributed by atoms with Gasteiger partial charge in [-0.05, 0) is 121 Å².